The first kappa shape index (κ1) is 14.3. The van der Waals surface area contributed by atoms with Gasteiger partial charge in [-0.1, -0.05) is 11.8 Å². The van der Waals surface area contributed by atoms with Gasteiger partial charge in [0.2, 0.25) is 11.9 Å². The quantitative estimate of drug-likeness (QED) is 0.764. The average molecular weight is 283 g/mol. The molecule has 1 fully saturated rings. The number of nitrogens with zero attached hydrogens (tertiary/aromatic N) is 4. The van der Waals surface area contributed by atoms with Crippen LogP contribution in [0.15, 0.2) is 5.16 Å². The average Bonchev–Trinajstić information content (AvgIpc) is 2.46. The maximum atomic E-state index is 8.90. The molecular weight excluding hydrogens is 262 g/mol. The lowest BCUT2D eigenvalue weighted by atomic mass is 10.1. The lowest BCUT2D eigenvalue weighted by molar-refractivity contribution is 0.322. The van der Waals surface area contributed by atoms with Crippen LogP contribution in [0.4, 0.5) is 11.9 Å². The van der Waals surface area contributed by atoms with Gasteiger partial charge in [-0.3, -0.25) is 0 Å². The third-order valence-corrected chi connectivity index (χ3v) is 3.73. The second kappa shape index (κ2) is 7.49. The molecule has 0 aliphatic carbocycles. The number of rotatable bonds is 6. The predicted molar refractivity (Wildman–Crippen MR) is 77.9 cm³/mol. The maximum Gasteiger partial charge on any atom is 0.231 e. The van der Waals surface area contributed by atoms with Crippen LogP contribution in [0.1, 0.15) is 26.2 Å². The van der Waals surface area contributed by atoms with Crippen molar-refractivity contribution in [2.45, 2.75) is 31.3 Å². The van der Waals surface area contributed by atoms with E-state index in [-0.39, 0.29) is 6.61 Å². The Hall–Kier alpha value is -1.08. The molecule has 1 aliphatic heterocycles. The molecule has 0 unspecified atom stereocenters. The normalized spacial score (nSPS) is 15.6. The molecule has 1 aromatic rings. The van der Waals surface area contributed by atoms with E-state index in [4.69, 9.17) is 5.11 Å². The van der Waals surface area contributed by atoms with Crippen molar-refractivity contribution in [3.05, 3.63) is 0 Å². The summed E-state index contributed by atoms with van der Waals surface area (Å²) in [5.74, 6) is 1.99. The fraction of sp³-hybridized carbons (Fsp3) is 0.750. The largest absolute Gasteiger partial charge is 0.396 e. The summed E-state index contributed by atoms with van der Waals surface area (Å²) in [5.41, 5.74) is 0. The summed E-state index contributed by atoms with van der Waals surface area (Å²) in [4.78, 5) is 15.5. The first-order valence-electron chi connectivity index (χ1n) is 6.82. The van der Waals surface area contributed by atoms with E-state index in [9.17, 15) is 0 Å². The van der Waals surface area contributed by atoms with Crippen molar-refractivity contribution in [2.24, 2.45) is 0 Å². The van der Waals surface area contributed by atoms with Crippen molar-refractivity contribution in [1.82, 2.24) is 15.0 Å². The SMILES string of the molecule is CCNc1nc(SCCO)nc(N2CCCCC2)n1. The second-order valence-electron chi connectivity index (χ2n) is 4.39. The molecule has 0 atom stereocenters. The van der Waals surface area contributed by atoms with E-state index < -0.39 is 0 Å². The Kier molecular flexibility index (Phi) is 5.65. The van der Waals surface area contributed by atoms with Crippen LogP contribution in [0.2, 0.25) is 0 Å². The van der Waals surface area contributed by atoms with Crippen molar-refractivity contribution in [2.75, 3.05) is 42.2 Å². The zero-order valence-corrected chi connectivity index (χ0v) is 12.1. The fourth-order valence-electron chi connectivity index (χ4n) is 2.02. The summed E-state index contributed by atoms with van der Waals surface area (Å²) in [5, 5.41) is 12.7. The number of aliphatic hydroxyl groups is 1. The number of aliphatic hydroxyl groups excluding tert-OH is 1. The Bertz CT molecular complexity index is 398. The van der Waals surface area contributed by atoms with Crippen LogP contribution in [0.3, 0.4) is 0 Å². The molecule has 0 aromatic carbocycles. The van der Waals surface area contributed by atoms with Crippen molar-refractivity contribution >= 4 is 23.7 Å². The topological polar surface area (TPSA) is 74.2 Å². The van der Waals surface area contributed by atoms with E-state index in [0.29, 0.717) is 16.9 Å². The highest BCUT2D eigenvalue weighted by molar-refractivity contribution is 7.99. The number of aromatic nitrogens is 3. The molecule has 0 radical (unpaired) electrons. The van der Waals surface area contributed by atoms with E-state index in [1.807, 2.05) is 6.92 Å². The van der Waals surface area contributed by atoms with Crippen molar-refractivity contribution in [3.8, 4) is 0 Å². The molecule has 2 rings (SSSR count). The van der Waals surface area contributed by atoms with Crippen LogP contribution < -0.4 is 10.2 Å². The Morgan fingerprint density at radius 1 is 1.21 bits per heavy atom. The van der Waals surface area contributed by atoms with Crippen LogP contribution in [0, 0.1) is 0 Å². The first-order valence-corrected chi connectivity index (χ1v) is 7.80. The molecule has 1 aromatic heterocycles. The zero-order valence-electron chi connectivity index (χ0n) is 11.3. The van der Waals surface area contributed by atoms with Crippen LogP contribution in [-0.2, 0) is 0 Å². The van der Waals surface area contributed by atoms with Crippen molar-refractivity contribution in [3.63, 3.8) is 0 Å². The van der Waals surface area contributed by atoms with Gasteiger partial charge >= 0.3 is 0 Å². The predicted octanol–water partition coefficient (Wildman–Crippen LogP) is 1.38. The first-order chi connectivity index (χ1) is 9.33. The van der Waals surface area contributed by atoms with Gasteiger partial charge in [0.05, 0.1) is 6.61 Å². The number of hydrogen-bond acceptors (Lipinski definition) is 7. The Morgan fingerprint density at radius 3 is 2.68 bits per heavy atom. The van der Waals surface area contributed by atoms with Crippen LogP contribution >= 0.6 is 11.8 Å². The Balaban J connectivity index is 2.17. The molecule has 2 heterocycles. The molecular formula is C12H21N5OS. The molecule has 0 spiro atoms. The number of piperidine rings is 1. The second-order valence-corrected chi connectivity index (χ2v) is 5.45. The van der Waals surface area contributed by atoms with Crippen LogP contribution in [0.5, 0.6) is 0 Å². The minimum atomic E-state index is 0.131. The molecule has 7 heteroatoms. The molecule has 19 heavy (non-hydrogen) atoms. The Morgan fingerprint density at radius 2 is 2.00 bits per heavy atom. The summed E-state index contributed by atoms with van der Waals surface area (Å²) >= 11 is 1.46. The van der Waals surface area contributed by atoms with Crippen LogP contribution in [0.25, 0.3) is 0 Å². The van der Waals surface area contributed by atoms with Gasteiger partial charge in [0.25, 0.3) is 0 Å². The van der Waals surface area contributed by atoms with Gasteiger partial charge in [-0.2, -0.15) is 15.0 Å². The van der Waals surface area contributed by atoms with Gasteiger partial charge in [-0.25, -0.2) is 0 Å². The van der Waals surface area contributed by atoms with Crippen LogP contribution in [-0.4, -0.2) is 52.1 Å². The molecule has 0 amide bonds. The molecule has 6 nitrogen and oxygen atoms in total. The fourth-order valence-corrected chi connectivity index (χ4v) is 2.59. The lowest BCUT2D eigenvalue weighted by Crippen LogP contribution is -2.31. The third kappa shape index (κ3) is 4.21. The summed E-state index contributed by atoms with van der Waals surface area (Å²) in [7, 11) is 0. The lowest BCUT2D eigenvalue weighted by Gasteiger charge is -2.26. The highest BCUT2D eigenvalue weighted by Crippen LogP contribution is 2.21. The molecule has 2 N–H and O–H groups in total. The summed E-state index contributed by atoms with van der Waals surface area (Å²) in [6, 6.07) is 0. The van der Waals surface area contributed by atoms with Crippen molar-refractivity contribution < 1.29 is 5.11 Å². The smallest absolute Gasteiger partial charge is 0.231 e. The minimum Gasteiger partial charge on any atom is -0.396 e. The number of anilines is 2. The Labute approximate surface area is 118 Å². The summed E-state index contributed by atoms with van der Waals surface area (Å²) in [6.45, 7) is 4.96. The summed E-state index contributed by atoms with van der Waals surface area (Å²) in [6.07, 6.45) is 3.68. The molecule has 0 saturated carbocycles. The highest BCUT2D eigenvalue weighted by atomic mass is 32.2. The van der Waals surface area contributed by atoms with Gasteiger partial charge < -0.3 is 15.3 Å². The van der Waals surface area contributed by atoms with E-state index in [0.717, 1.165) is 25.6 Å². The van der Waals surface area contributed by atoms with E-state index in [1.54, 1.807) is 0 Å². The maximum absolute atomic E-state index is 8.90. The van der Waals surface area contributed by atoms with Gasteiger partial charge in [-0.05, 0) is 26.2 Å². The number of thioether (sulfide) groups is 1. The van der Waals surface area contributed by atoms with Gasteiger partial charge in [0, 0.05) is 25.4 Å². The van der Waals surface area contributed by atoms with E-state index in [2.05, 4.69) is 25.2 Å². The minimum absolute atomic E-state index is 0.131. The monoisotopic (exact) mass is 283 g/mol. The number of nitrogens with one attached hydrogen (secondary N) is 1. The molecule has 106 valence electrons. The summed E-state index contributed by atoms with van der Waals surface area (Å²) < 4.78 is 0. The van der Waals surface area contributed by atoms with E-state index in [1.165, 1.54) is 31.0 Å². The number of hydrogen-bond donors (Lipinski definition) is 2. The highest BCUT2D eigenvalue weighted by Gasteiger charge is 2.16. The third-order valence-electron chi connectivity index (χ3n) is 2.90. The van der Waals surface area contributed by atoms with Gasteiger partial charge in [0.1, 0.15) is 0 Å². The molecule has 1 saturated heterocycles. The van der Waals surface area contributed by atoms with Gasteiger partial charge in [-0.15, -0.1) is 0 Å². The molecule has 0 bridgehead atoms. The van der Waals surface area contributed by atoms with Crippen molar-refractivity contribution in [1.29, 1.82) is 0 Å². The standard InChI is InChI=1S/C12H21N5OS/c1-2-13-10-14-11(17-6-4-3-5-7-17)16-12(15-10)19-9-8-18/h18H,2-9H2,1H3,(H,13,14,15,16). The van der Waals surface area contributed by atoms with Gasteiger partial charge in [0.15, 0.2) is 5.16 Å². The zero-order chi connectivity index (χ0) is 13.5. The van der Waals surface area contributed by atoms with E-state index >= 15 is 0 Å². The molecule has 1 aliphatic rings.